The summed E-state index contributed by atoms with van der Waals surface area (Å²) in [6.45, 7) is 10.7. The molecule has 0 N–H and O–H groups in total. The maximum absolute atomic E-state index is 12.6. The Balaban J connectivity index is 1.48. The van der Waals surface area contributed by atoms with Crippen LogP contribution in [0.5, 0.6) is 0 Å². The quantitative estimate of drug-likeness (QED) is 0.727. The van der Waals surface area contributed by atoms with Crippen molar-refractivity contribution in [3.63, 3.8) is 0 Å². The van der Waals surface area contributed by atoms with E-state index < -0.39 is 0 Å². The standard InChI is InChI=1S/C25H34N2O2/c1-25(2,3)22-10-5-20(6-11-22)9-14-24(28)26(4)19-21-7-12-23(13-8-21)27-15-17-29-18-16-27/h5-8,10-13H,9,14-19H2,1-4H3. The van der Waals surface area contributed by atoms with Gasteiger partial charge in [-0.2, -0.15) is 0 Å². The van der Waals surface area contributed by atoms with Crippen molar-refractivity contribution in [3.05, 3.63) is 65.2 Å². The predicted molar refractivity (Wildman–Crippen MR) is 119 cm³/mol. The first kappa shape index (κ1) is 21.4. The number of anilines is 1. The average Bonchev–Trinajstić information content (AvgIpc) is 2.73. The van der Waals surface area contributed by atoms with Gasteiger partial charge >= 0.3 is 0 Å². The molecule has 0 bridgehead atoms. The molecule has 1 amide bonds. The minimum absolute atomic E-state index is 0.159. The number of amides is 1. The SMILES string of the molecule is CN(Cc1ccc(N2CCOCC2)cc1)C(=O)CCc1ccc(C(C)(C)C)cc1. The van der Waals surface area contributed by atoms with Crippen molar-refractivity contribution in [1.29, 1.82) is 0 Å². The van der Waals surface area contributed by atoms with E-state index in [1.54, 1.807) is 0 Å². The fourth-order valence-corrected chi connectivity index (χ4v) is 3.61. The molecule has 0 aliphatic carbocycles. The molecule has 4 heteroatoms. The summed E-state index contributed by atoms with van der Waals surface area (Å²) in [6, 6.07) is 17.2. The molecule has 29 heavy (non-hydrogen) atoms. The van der Waals surface area contributed by atoms with Gasteiger partial charge in [-0.15, -0.1) is 0 Å². The normalized spacial score (nSPS) is 14.7. The summed E-state index contributed by atoms with van der Waals surface area (Å²) in [5, 5.41) is 0. The number of ether oxygens (including phenoxy) is 1. The molecule has 1 heterocycles. The summed E-state index contributed by atoms with van der Waals surface area (Å²) in [6.07, 6.45) is 1.32. The second kappa shape index (κ2) is 9.45. The minimum atomic E-state index is 0.159. The first-order chi connectivity index (χ1) is 13.8. The van der Waals surface area contributed by atoms with Gasteiger partial charge in [-0.05, 0) is 40.7 Å². The Morgan fingerprint density at radius 1 is 0.966 bits per heavy atom. The lowest BCUT2D eigenvalue weighted by Gasteiger charge is -2.29. The Labute approximate surface area is 175 Å². The lowest BCUT2D eigenvalue weighted by Crippen LogP contribution is -2.36. The highest BCUT2D eigenvalue weighted by Crippen LogP contribution is 2.22. The fourth-order valence-electron chi connectivity index (χ4n) is 3.61. The Morgan fingerprint density at radius 3 is 2.14 bits per heavy atom. The summed E-state index contributed by atoms with van der Waals surface area (Å²) in [4.78, 5) is 16.7. The number of morpholine rings is 1. The van der Waals surface area contributed by atoms with Crippen LogP contribution in [0, 0.1) is 0 Å². The molecular formula is C25H34N2O2. The van der Waals surface area contributed by atoms with Crippen LogP contribution < -0.4 is 4.90 Å². The number of hydrogen-bond acceptors (Lipinski definition) is 3. The number of nitrogens with zero attached hydrogens (tertiary/aromatic N) is 2. The molecule has 0 radical (unpaired) electrons. The van der Waals surface area contributed by atoms with Gasteiger partial charge < -0.3 is 14.5 Å². The van der Waals surface area contributed by atoms with E-state index in [4.69, 9.17) is 4.74 Å². The van der Waals surface area contributed by atoms with Gasteiger partial charge in [0.15, 0.2) is 0 Å². The fraction of sp³-hybridized carbons (Fsp3) is 0.480. The van der Waals surface area contributed by atoms with Crippen molar-refractivity contribution < 1.29 is 9.53 Å². The van der Waals surface area contributed by atoms with E-state index in [-0.39, 0.29) is 11.3 Å². The van der Waals surface area contributed by atoms with Crippen LogP contribution in [0.15, 0.2) is 48.5 Å². The number of carbonyl (C=O) groups is 1. The second-order valence-corrected chi connectivity index (χ2v) is 8.96. The highest BCUT2D eigenvalue weighted by molar-refractivity contribution is 5.76. The molecule has 0 atom stereocenters. The Bertz CT molecular complexity index is 785. The van der Waals surface area contributed by atoms with Crippen molar-refractivity contribution in [1.82, 2.24) is 4.90 Å². The third-order valence-corrected chi connectivity index (χ3v) is 5.61. The van der Waals surface area contributed by atoms with Gasteiger partial charge in [0.1, 0.15) is 0 Å². The van der Waals surface area contributed by atoms with E-state index in [1.165, 1.54) is 16.8 Å². The Hall–Kier alpha value is -2.33. The highest BCUT2D eigenvalue weighted by atomic mass is 16.5. The van der Waals surface area contributed by atoms with Crippen molar-refractivity contribution in [2.45, 2.75) is 45.6 Å². The molecule has 0 saturated carbocycles. The summed E-state index contributed by atoms with van der Waals surface area (Å²) in [7, 11) is 1.89. The number of rotatable bonds is 6. The molecule has 0 spiro atoms. The molecular weight excluding hydrogens is 360 g/mol. The topological polar surface area (TPSA) is 32.8 Å². The molecule has 0 aromatic heterocycles. The summed E-state index contributed by atoms with van der Waals surface area (Å²) >= 11 is 0. The molecule has 0 unspecified atom stereocenters. The molecule has 4 nitrogen and oxygen atoms in total. The monoisotopic (exact) mass is 394 g/mol. The van der Waals surface area contributed by atoms with Crippen LogP contribution in [0.2, 0.25) is 0 Å². The summed E-state index contributed by atoms with van der Waals surface area (Å²) in [5.41, 5.74) is 5.09. The second-order valence-electron chi connectivity index (χ2n) is 8.96. The Morgan fingerprint density at radius 2 is 1.55 bits per heavy atom. The molecule has 1 aliphatic heterocycles. The maximum atomic E-state index is 12.6. The van der Waals surface area contributed by atoms with Crippen LogP contribution >= 0.6 is 0 Å². The number of aryl methyl sites for hydroxylation is 1. The van der Waals surface area contributed by atoms with Gasteiger partial charge in [0.2, 0.25) is 5.91 Å². The van der Waals surface area contributed by atoms with Crippen molar-refractivity contribution in [2.24, 2.45) is 0 Å². The van der Waals surface area contributed by atoms with Gasteiger partial charge in [0.05, 0.1) is 13.2 Å². The zero-order valence-electron chi connectivity index (χ0n) is 18.3. The van der Waals surface area contributed by atoms with Gasteiger partial charge in [-0.25, -0.2) is 0 Å². The van der Waals surface area contributed by atoms with Crippen LogP contribution in [-0.2, 0) is 27.9 Å². The smallest absolute Gasteiger partial charge is 0.222 e. The van der Waals surface area contributed by atoms with Crippen LogP contribution in [0.25, 0.3) is 0 Å². The molecule has 1 aliphatic rings. The lowest BCUT2D eigenvalue weighted by atomic mass is 9.86. The van der Waals surface area contributed by atoms with Crippen molar-refractivity contribution in [2.75, 3.05) is 38.3 Å². The minimum Gasteiger partial charge on any atom is -0.378 e. The molecule has 1 fully saturated rings. The van der Waals surface area contributed by atoms with Crippen LogP contribution in [0.3, 0.4) is 0 Å². The van der Waals surface area contributed by atoms with Crippen LogP contribution in [0.1, 0.15) is 43.9 Å². The van der Waals surface area contributed by atoms with Gasteiger partial charge in [-0.1, -0.05) is 57.2 Å². The third kappa shape index (κ3) is 6.07. The van der Waals surface area contributed by atoms with E-state index in [0.717, 1.165) is 38.3 Å². The molecule has 2 aromatic rings. The van der Waals surface area contributed by atoms with Crippen molar-refractivity contribution >= 4 is 11.6 Å². The maximum Gasteiger partial charge on any atom is 0.222 e. The zero-order chi connectivity index (χ0) is 20.9. The van der Waals surface area contributed by atoms with E-state index >= 15 is 0 Å². The zero-order valence-corrected chi connectivity index (χ0v) is 18.3. The highest BCUT2D eigenvalue weighted by Gasteiger charge is 2.14. The summed E-state index contributed by atoms with van der Waals surface area (Å²) < 4.78 is 5.41. The van der Waals surface area contributed by atoms with Crippen molar-refractivity contribution in [3.8, 4) is 0 Å². The largest absolute Gasteiger partial charge is 0.378 e. The summed E-state index contributed by atoms with van der Waals surface area (Å²) in [5.74, 6) is 0.183. The average molecular weight is 395 g/mol. The predicted octanol–water partition coefficient (Wildman–Crippen LogP) is 4.41. The van der Waals surface area contributed by atoms with E-state index in [1.807, 2.05) is 11.9 Å². The number of benzene rings is 2. The van der Waals surface area contributed by atoms with Crippen LogP contribution in [0.4, 0.5) is 5.69 Å². The first-order valence-electron chi connectivity index (χ1n) is 10.6. The first-order valence-corrected chi connectivity index (χ1v) is 10.6. The van der Waals surface area contributed by atoms with Gasteiger partial charge in [-0.3, -0.25) is 4.79 Å². The molecule has 3 rings (SSSR count). The third-order valence-electron chi connectivity index (χ3n) is 5.61. The molecule has 156 valence electrons. The van der Waals surface area contributed by atoms with Crippen LogP contribution in [-0.4, -0.2) is 44.2 Å². The van der Waals surface area contributed by atoms with Gasteiger partial charge in [0, 0.05) is 38.8 Å². The lowest BCUT2D eigenvalue weighted by molar-refractivity contribution is -0.130. The molecule has 1 saturated heterocycles. The number of carbonyl (C=O) groups excluding carboxylic acids is 1. The number of hydrogen-bond donors (Lipinski definition) is 0. The van der Waals surface area contributed by atoms with E-state index in [0.29, 0.717) is 13.0 Å². The van der Waals surface area contributed by atoms with Gasteiger partial charge in [0.25, 0.3) is 0 Å². The van der Waals surface area contributed by atoms with E-state index in [2.05, 4.69) is 74.2 Å². The molecule has 2 aromatic carbocycles. The Kier molecular flexibility index (Phi) is 6.96. The van der Waals surface area contributed by atoms with E-state index in [9.17, 15) is 4.79 Å².